The summed E-state index contributed by atoms with van der Waals surface area (Å²) in [6.07, 6.45) is 1.59. The van der Waals surface area contributed by atoms with Crippen LogP contribution in [0.5, 0.6) is 0 Å². The van der Waals surface area contributed by atoms with E-state index >= 15 is 0 Å². The van der Waals surface area contributed by atoms with Crippen LogP contribution in [0.25, 0.3) is 0 Å². The van der Waals surface area contributed by atoms with Crippen molar-refractivity contribution in [3.63, 3.8) is 0 Å². The Hall–Kier alpha value is -2.86. The van der Waals surface area contributed by atoms with Crippen molar-refractivity contribution in [1.82, 2.24) is 15.2 Å². The van der Waals surface area contributed by atoms with Crippen molar-refractivity contribution >= 4 is 40.4 Å². The lowest BCUT2D eigenvalue weighted by Crippen LogP contribution is -2.21. The maximum Gasteiger partial charge on any atom is 0.249 e. The predicted octanol–water partition coefficient (Wildman–Crippen LogP) is 5.48. The molecule has 0 bridgehead atoms. The third kappa shape index (κ3) is 4.70. The highest BCUT2D eigenvalue weighted by molar-refractivity contribution is 6.30. The van der Waals surface area contributed by atoms with Crippen molar-refractivity contribution in [2.24, 2.45) is 0 Å². The molecule has 2 N–H and O–H groups in total. The molecule has 146 valence electrons. The van der Waals surface area contributed by atoms with Gasteiger partial charge >= 0.3 is 0 Å². The standard InChI is InChI=1S/C21H25ClN6/c1-5-28(6-2)17-8-10-19(15(4)12-17)25-21-26-20(13-23-27-21)24-18-9-7-16(22)11-14(18)3/h7-13H,5-6H2,1-4H3,(H2,24,25,26,27). The first-order chi connectivity index (χ1) is 13.5. The second-order valence-electron chi connectivity index (χ2n) is 6.55. The topological polar surface area (TPSA) is 66.0 Å². The van der Waals surface area contributed by atoms with Crippen LogP contribution in [0.1, 0.15) is 25.0 Å². The van der Waals surface area contributed by atoms with Gasteiger partial charge in [-0.15, -0.1) is 5.10 Å². The molecule has 0 saturated carbocycles. The lowest BCUT2D eigenvalue weighted by molar-refractivity contribution is 0.865. The summed E-state index contributed by atoms with van der Waals surface area (Å²) >= 11 is 6.02. The van der Waals surface area contributed by atoms with E-state index in [-0.39, 0.29) is 0 Å². The fourth-order valence-electron chi connectivity index (χ4n) is 3.02. The summed E-state index contributed by atoms with van der Waals surface area (Å²) in [5, 5.41) is 15.4. The van der Waals surface area contributed by atoms with Crippen LogP contribution in [0.2, 0.25) is 5.02 Å². The van der Waals surface area contributed by atoms with Gasteiger partial charge in [0.25, 0.3) is 0 Å². The van der Waals surface area contributed by atoms with E-state index in [1.54, 1.807) is 6.20 Å². The Morgan fingerprint density at radius 1 is 0.929 bits per heavy atom. The van der Waals surface area contributed by atoms with Crippen molar-refractivity contribution in [2.75, 3.05) is 28.6 Å². The highest BCUT2D eigenvalue weighted by atomic mass is 35.5. The molecule has 1 heterocycles. The van der Waals surface area contributed by atoms with Gasteiger partial charge in [-0.1, -0.05) is 11.6 Å². The molecule has 0 saturated heterocycles. The molecule has 3 rings (SSSR count). The zero-order valence-corrected chi connectivity index (χ0v) is 17.4. The Morgan fingerprint density at radius 2 is 1.61 bits per heavy atom. The van der Waals surface area contributed by atoms with E-state index in [0.29, 0.717) is 16.8 Å². The van der Waals surface area contributed by atoms with Crippen LogP contribution in [-0.4, -0.2) is 28.3 Å². The van der Waals surface area contributed by atoms with Crippen LogP contribution < -0.4 is 15.5 Å². The monoisotopic (exact) mass is 396 g/mol. The largest absolute Gasteiger partial charge is 0.372 e. The molecule has 28 heavy (non-hydrogen) atoms. The lowest BCUT2D eigenvalue weighted by atomic mass is 10.1. The summed E-state index contributed by atoms with van der Waals surface area (Å²) in [6.45, 7) is 10.3. The van der Waals surface area contributed by atoms with Crippen LogP contribution in [-0.2, 0) is 0 Å². The van der Waals surface area contributed by atoms with Gasteiger partial charge in [-0.3, -0.25) is 0 Å². The van der Waals surface area contributed by atoms with Crippen LogP contribution in [0.3, 0.4) is 0 Å². The summed E-state index contributed by atoms with van der Waals surface area (Å²) in [7, 11) is 0. The van der Waals surface area contributed by atoms with Crippen molar-refractivity contribution in [3.05, 3.63) is 58.7 Å². The van der Waals surface area contributed by atoms with Crippen LogP contribution in [0, 0.1) is 13.8 Å². The number of nitrogens with one attached hydrogen (secondary N) is 2. The molecule has 0 aliphatic heterocycles. The number of benzene rings is 2. The van der Waals surface area contributed by atoms with Crippen molar-refractivity contribution in [1.29, 1.82) is 0 Å². The van der Waals surface area contributed by atoms with Crippen LogP contribution in [0.4, 0.5) is 28.8 Å². The first-order valence-corrected chi connectivity index (χ1v) is 9.73. The fourth-order valence-corrected chi connectivity index (χ4v) is 3.24. The molecule has 0 fully saturated rings. The van der Waals surface area contributed by atoms with Gasteiger partial charge in [0.1, 0.15) is 0 Å². The van der Waals surface area contributed by atoms with E-state index in [1.807, 2.05) is 25.1 Å². The van der Waals surface area contributed by atoms with Crippen molar-refractivity contribution in [2.45, 2.75) is 27.7 Å². The van der Waals surface area contributed by atoms with E-state index < -0.39 is 0 Å². The molecule has 0 atom stereocenters. The van der Waals surface area contributed by atoms with Gasteiger partial charge in [-0.05, 0) is 75.2 Å². The second kappa shape index (κ2) is 8.89. The number of anilines is 5. The SMILES string of the molecule is CCN(CC)c1ccc(Nc2nncc(Nc3ccc(Cl)cc3C)n2)c(C)c1. The fraction of sp³-hybridized carbons (Fsp3) is 0.286. The van der Waals surface area contributed by atoms with Crippen LogP contribution in [0.15, 0.2) is 42.6 Å². The highest BCUT2D eigenvalue weighted by Gasteiger charge is 2.08. The van der Waals surface area contributed by atoms with Gasteiger partial charge < -0.3 is 15.5 Å². The van der Waals surface area contributed by atoms with Gasteiger partial charge in [-0.25, -0.2) is 0 Å². The van der Waals surface area contributed by atoms with E-state index in [0.717, 1.165) is 35.6 Å². The molecule has 3 aromatic rings. The number of hydrogen-bond donors (Lipinski definition) is 2. The molecule has 0 amide bonds. The lowest BCUT2D eigenvalue weighted by Gasteiger charge is -2.22. The Labute approximate surface area is 171 Å². The average Bonchev–Trinajstić information content (AvgIpc) is 2.67. The predicted molar refractivity (Wildman–Crippen MR) is 117 cm³/mol. The number of rotatable bonds is 7. The summed E-state index contributed by atoms with van der Waals surface area (Å²) in [5.41, 5.74) is 5.25. The molecule has 0 radical (unpaired) electrons. The summed E-state index contributed by atoms with van der Waals surface area (Å²) in [4.78, 5) is 6.83. The van der Waals surface area contributed by atoms with Gasteiger partial charge in [0.2, 0.25) is 5.95 Å². The molecule has 0 unspecified atom stereocenters. The van der Waals surface area contributed by atoms with Gasteiger partial charge in [0.15, 0.2) is 5.82 Å². The summed E-state index contributed by atoms with van der Waals surface area (Å²) in [5.74, 6) is 1.05. The smallest absolute Gasteiger partial charge is 0.249 e. The molecule has 2 aromatic carbocycles. The molecule has 0 spiro atoms. The summed E-state index contributed by atoms with van der Waals surface area (Å²) in [6, 6.07) is 12.0. The molecular formula is C21H25ClN6. The maximum atomic E-state index is 6.02. The Morgan fingerprint density at radius 3 is 2.29 bits per heavy atom. The quantitative estimate of drug-likeness (QED) is 0.551. The normalized spacial score (nSPS) is 10.6. The number of aryl methyl sites for hydroxylation is 2. The van der Waals surface area contributed by atoms with Crippen molar-refractivity contribution < 1.29 is 0 Å². The zero-order valence-electron chi connectivity index (χ0n) is 16.6. The van der Waals surface area contributed by atoms with E-state index in [1.165, 1.54) is 5.69 Å². The number of hydrogen-bond acceptors (Lipinski definition) is 6. The van der Waals surface area contributed by atoms with Crippen molar-refractivity contribution in [3.8, 4) is 0 Å². The first-order valence-electron chi connectivity index (χ1n) is 9.35. The maximum absolute atomic E-state index is 6.02. The first kappa shape index (κ1) is 19.9. The number of nitrogens with zero attached hydrogens (tertiary/aromatic N) is 4. The molecule has 1 aromatic heterocycles. The minimum atomic E-state index is 0.440. The second-order valence-corrected chi connectivity index (χ2v) is 6.98. The number of halogens is 1. The van der Waals surface area contributed by atoms with Gasteiger partial charge in [0, 0.05) is 35.2 Å². The Bertz CT molecular complexity index is 955. The Kier molecular flexibility index (Phi) is 6.31. The average molecular weight is 397 g/mol. The molecule has 7 heteroatoms. The summed E-state index contributed by atoms with van der Waals surface area (Å²) < 4.78 is 0. The minimum absolute atomic E-state index is 0.440. The van der Waals surface area contributed by atoms with Crippen LogP contribution >= 0.6 is 11.6 Å². The molecular weight excluding hydrogens is 372 g/mol. The molecule has 6 nitrogen and oxygen atoms in total. The highest BCUT2D eigenvalue weighted by Crippen LogP contribution is 2.26. The van der Waals surface area contributed by atoms with Gasteiger partial charge in [0.05, 0.1) is 6.20 Å². The third-order valence-corrected chi connectivity index (χ3v) is 4.83. The van der Waals surface area contributed by atoms with E-state index in [4.69, 9.17) is 11.6 Å². The van der Waals surface area contributed by atoms with Gasteiger partial charge in [-0.2, -0.15) is 10.1 Å². The Balaban J connectivity index is 1.77. The third-order valence-electron chi connectivity index (χ3n) is 4.60. The zero-order chi connectivity index (χ0) is 20.1. The molecule has 0 aliphatic rings. The van der Waals surface area contributed by atoms with E-state index in [2.05, 4.69) is 69.7 Å². The molecule has 0 aliphatic carbocycles. The minimum Gasteiger partial charge on any atom is -0.372 e. The number of aromatic nitrogens is 3. The van der Waals surface area contributed by atoms with E-state index in [9.17, 15) is 0 Å².